The number of aromatic hydroxyl groups is 1. The van der Waals surface area contributed by atoms with Crippen LogP contribution in [0.2, 0.25) is 5.02 Å². The molecule has 1 aliphatic rings. The van der Waals surface area contributed by atoms with Crippen molar-refractivity contribution in [2.24, 2.45) is 0 Å². The Morgan fingerprint density at radius 3 is 2.47 bits per heavy atom. The highest BCUT2D eigenvalue weighted by Crippen LogP contribution is 2.29. The largest absolute Gasteiger partial charge is 0.504 e. The number of benzene rings is 1. The maximum atomic E-state index is 9.34. The lowest BCUT2D eigenvalue weighted by Gasteiger charge is -2.06. The fourth-order valence-corrected chi connectivity index (χ4v) is 1.11. The molecule has 1 atom stereocenters. The van der Waals surface area contributed by atoms with Crippen molar-refractivity contribution in [2.45, 2.75) is 33.8 Å². The lowest BCUT2D eigenvalue weighted by atomic mass is 10.3. The standard InChI is InChI=1S/C9H9ClO3.2C2H6/c10-6-1-2-8(11)9(3-6)13-5-7-4-12-7;2*1-2/h1-3,7,11H,4-5H2;2*1-2H3/t7-;;/m1../s1. The van der Waals surface area contributed by atoms with Gasteiger partial charge in [0.2, 0.25) is 0 Å². The summed E-state index contributed by atoms with van der Waals surface area (Å²) >= 11 is 5.73. The highest BCUT2D eigenvalue weighted by molar-refractivity contribution is 6.30. The first-order chi connectivity index (χ1) is 8.25. The van der Waals surface area contributed by atoms with E-state index in [1.54, 1.807) is 12.1 Å². The quantitative estimate of drug-likeness (QED) is 0.839. The molecule has 2 rings (SSSR count). The van der Waals surface area contributed by atoms with Crippen LogP contribution >= 0.6 is 11.6 Å². The fourth-order valence-electron chi connectivity index (χ4n) is 0.951. The molecule has 0 aromatic heterocycles. The second-order valence-corrected chi connectivity index (χ2v) is 3.31. The van der Waals surface area contributed by atoms with Gasteiger partial charge in [0, 0.05) is 11.1 Å². The number of epoxide rings is 1. The Bertz CT molecular complexity index is 312. The van der Waals surface area contributed by atoms with E-state index in [0.29, 0.717) is 17.4 Å². The van der Waals surface area contributed by atoms with Crippen molar-refractivity contribution in [3.8, 4) is 11.5 Å². The zero-order chi connectivity index (χ0) is 13.3. The SMILES string of the molecule is CC.CC.Oc1ccc(Cl)cc1OC[C@H]1CO1. The zero-order valence-corrected chi connectivity index (χ0v) is 11.6. The number of ether oxygens (including phenoxy) is 2. The fraction of sp³-hybridized carbons (Fsp3) is 0.538. The Labute approximate surface area is 108 Å². The minimum atomic E-state index is 0.102. The zero-order valence-electron chi connectivity index (χ0n) is 10.9. The maximum Gasteiger partial charge on any atom is 0.162 e. The van der Waals surface area contributed by atoms with Gasteiger partial charge in [0.15, 0.2) is 11.5 Å². The van der Waals surface area contributed by atoms with E-state index in [0.717, 1.165) is 6.61 Å². The van der Waals surface area contributed by atoms with Gasteiger partial charge in [-0.2, -0.15) is 0 Å². The van der Waals surface area contributed by atoms with Crippen molar-refractivity contribution in [2.75, 3.05) is 13.2 Å². The van der Waals surface area contributed by atoms with E-state index < -0.39 is 0 Å². The molecule has 4 heteroatoms. The summed E-state index contributed by atoms with van der Waals surface area (Å²) in [6, 6.07) is 4.70. The van der Waals surface area contributed by atoms with Gasteiger partial charge in [-0.15, -0.1) is 0 Å². The van der Waals surface area contributed by atoms with E-state index in [1.165, 1.54) is 6.07 Å². The Balaban J connectivity index is 0.000000581. The van der Waals surface area contributed by atoms with Crippen molar-refractivity contribution < 1.29 is 14.6 Å². The van der Waals surface area contributed by atoms with Crippen molar-refractivity contribution in [3.05, 3.63) is 23.2 Å². The molecule has 1 fully saturated rings. The third-order valence-electron chi connectivity index (χ3n) is 1.75. The van der Waals surface area contributed by atoms with E-state index in [-0.39, 0.29) is 11.9 Å². The van der Waals surface area contributed by atoms with Crippen molar-refractivity contribution >= 4 is 11.6 Å². The molecular weight excluding hydrogens is 240 g/mol. The predicted octanol–water partition coefficient (Wildman–Crippen LogP) is 3.88. The van der Waals surface area contributed by atoms with Crippen LogP contribution < -0.4 is 4.74 Å². The van der Waals surface area contributed by atoms with E-state index >= 15 is 0 Å². The second-order valence-electron chi connectivity index (χ2n) is 2.88. The topological polar surface area (TPSA) is 42.0 Å². The number of hydrogen-bond acceptors (Lipinski definition) is 3. The molecule has 0 radical (unpaired) electrons. The number of phenolic OH excluding ortho intramolecular Hbond substituents is 1. The summed E-state index contributed by atoms with van der Waals surface area (Å²) in [5, 5.41) is 9.89. The number of phenols is 1. The van der Waals surface area contributed by atoms with Crippen molar-refractivity contribution in [3.63, 3.8) is 0 Å². The molecule has 3 nitrogen and oxygen atoms in total. The molecule has 1 saturated heterocycles. The molecule has 1 aromatic carbocycles. The van der Waals surface area contributed by atoms with Crippen LogP contribution in [0.5, 0.6) is 11.5 Å². The van der Waals surface area contributed by atoms with Gasteiger partial charge in [-0.05, 0) is 12.1 Å². The normalized spacial score (nSPS) is 15.9. The van der Waals surface area contributed by atoms with E-state index in [1.807, 2.05) is 27.7 Å². The molecule has 17 heavy (non-hydrogen) atoms. The third kappa shape index (κ3) is 6.39. The van der Waals surface area contributed by atoms with Gasteiger partial charge in [0.1, 0.15) is 12.7 Å². The van der Waals surface area contributed by atoms with E-state index in [2.05, 4.69) is 0 Å². The summed E-state index contributed by atoms with van der Waals surface area (Å²) < 4.78 is 10.2. The van der Waals surface area contributed by atoms with Gasteiger partial charge in [-0.1, -0.05) is 39.3 Å². The predicted molar refractivity (Wildman–Crippen MR) is 71.0 cm³/mol. The first-order valence-electron chi connectivity index (χ1n) is 5.98. The van der Waals surface area contributed by atoms with Crippen LogP contribution in [-0.2, 0) is 4.74 Å². The minimum absolute atomic E-state index is 0.102. The summed E-state index contributed by atoms with van der Waals surface area (Å²) in [6.45, 7) is 9.20. The highest BCUT2D eigenvalue weighted by Gasteiger charge is 2.23. The van der Waals surface area contributed by atoms with Crippen LogP contribution in [0.4, 0.5) is 0 Å². The van der Waals surface area contributed by atoms with Crippen molar-refractivity contribution in [1.82, 2.24) is 0 Å². The molecule has 1 aliphatic heterocycles. The molecule has 1 aromatic rings. The van der Waals surface area contributed by atoms with Crippen LogP contribution in [0.25, 0.3) is 0 Å². The molecule has 1 N–H and O–H groups in total. The van der Waals surface area contributed by atoms with E-state index in [9.17, 15) is 5.11 Å². The number of hydrogen-bond donors (Lipinski definition) is 1. The molecule has 1 heterocycles. The molecule has 0 amide bonds. The van der Waals surface area contributed by atoms with Gasteiger partial charge in [0.05, 0.1) is 6.61 Å². The summed E-state index contributed by atoms with van der Waals surface area (Å²) in [7, 11) is 0. The monoisotopic (exact) mass is 260 g/mol. The maximum absolute atomic E-state index is 9.34. The molecule has 98 valence electrons. The highest BCUT2D eigenvalue weighted by atomic mass is 35.5. The molecule has 0 spiro atoms. The molecule has 0 aliphatic carbocycles. The van der Waals surface area contributed by atoms with Crippen LogP contribution in [0.3, 0.4) is 0 Å². The minimum Gasteiger partial charge on any atom is -0.504 e. The average Bonchev–Trinajstić information content (AvgIpc) is 3.19. The summed E-state index contributed by atoms with van der Waals surface area (Å²) in [5.41, 5.74) is 0. The summed E-state index contributed by atoms with van der Waals surface area (Å²) in [4.78, 5) is 0. The molecule has 0 bridgehead atoms. The van der Waals surface area contributed by atoms with Gasteiger partial charge in [-0.3, -0.25) is 0 Å². The van der Waals surface area contributed by atoms with Crippen LogP contribution in [0.15, 0.2) is 18.2 Å². The van der Waals surface area contributed by atoms with Crippen LogP contribution in [-0.4, -0.2) is 24.4 Å². The van der Waals surface area contributed by atoms with Gasteiger partial charge in [-0.25, -0.2) is 0 Å². The van der Waals surface area contributed by atoms with E-state index in [4.69, 9.17) is 21.1 Å². The first-order valence-corrected chi connectivity index (χ1v) is 6.36. The number of halogens is 1. The van der Waals surface area contributed by atoms with Gasteiger partial charge < -0.3 is 14.6 Å². The Morgan fingerprint density at radius 2 is 1.94 bits per heavy atom. The Morgan fingerprint density at radius 1 is 1.35 bits per heavy atom. The van der Waals surface area contributed by atoms with Crippen LogP contribution in [0, 0.1) is 0 Å². The first kappa shape index (κ1) is 16.1. The summed E-state index contributed by atoms with van der Waals surface area (Å²) in [5.74, 6) is 0.507. The molecule has 0 saturated carbocycles. The Hall–Kier alpha value is -0.930. The lowest BCUT2D eigenvalue weighted by molar-refractivity contribution is 0.254. The summed E-state index contributed by atoms with van der Waals surface area (Å²) in [6.07, 6.45) is 0.179. The average molecular weight is 261 g/mol. The van der Waals surface area contributed by atoms with Crippen molar-refractivity contribution in [1.29, 1.82) is 0 Å². The lowest BCUT2D eigenvalue weighted by Crippen LogP contribution is -2.03. The number of rotatable bonds is 3. The third-order valence-corrected chi connectivity index (χ3v) is 1.98. The Kier molecular flexibility index (Phi) is 8.64. The molecule has 0 unspecified atom stereocenters. The second kappa shape index (κ2) is 9.14. The van der Waals surface area contributed by atoms with Crippen LogP contribution in [0.1, 0.15) is 27.7 Å². The van der Waals surface area contributed by atoms with Gasteiger partial charge in [0.25, 0.3) is 0 Å². The van der Waals surface area contributed by atoms with Gasteiger partial charge >= 0.3 is 0 Å². The smallest absolute Gasteiger partial charge is 0.162 e. The molecular formula is C13H21ClO3.